The molecule has 1 saturated heterocycles. The molecule has 3 heterocycles. The maximum Gasteiger partial charge on any atom is 0.248 e. The van der Waals surface area contributed by atoms with Crippen LogP contribution >= 0.6 is 0 Å². The Labute approximate surface area is 123 Å². The van der Waals surface area contributed by atoms with Gasteiger partial charge in [-0.05, 0) is 18.6 Å². The molecular weight excluding hydrogens is 268 g/mol. The maximum atomic E-state index is 11.8. The number of imidazole rings is 1. The quantitative estimate of drug-likeness (QED) is 0.843. The van der Waals surface area contributed by atoms with Crippen LogP contribution in [0, 0.1) is 6.92 Å². The molecule has 6 nitrogen and oxygen atoms in total. The Kier molecular flexibility index (Phi) is 3.79. The Bertz CT molecular complexity index is 644. The van der Waals surface area contributed by atoms with E-state index in [1.807, 2.05) is 15.5 Å². The minimum Gasteiger partial charge on any atom is -0.375 e. The van der Waals surface area contributed by atoms with E-state index in [-0.39, 0.29) is 12.5 Å². The first-order chi connectivity index (χ1) is 10.2. The second-order valence-corrected chi connectivity index (χ2v) is 5.34. The Morgan fingerprint density at radius 2 is 2.10 bits per heavy atom. The molecule has 0 aromatic carbocycles. The Morgan fingerprint density at radius 3 is 2.81 bits per heavy atom. The lowest BCUT2D eigenvalue weighted by Crippen LogP contribution is -2.50. The molecule has 112 valence electrons. The fraction of sp³-hybridized carbons (Fsp3) is 0.467. The van der Waals surface area contributed by atoms with Crippen LogP contribution in [-0.2, 0) is 9.53 Å². The van der Waals surface area contributed by atoms with Crippen LogP contribution in [0.5, 0.6) is 0 Å². The van der Waals surface area contributed by atoms with E-state index in [0.29, 0.717) is 0 Å². The van der Waals surface area contributed by atoms with E-state index < -0.39 is 0 Å². The average Bonchev–Trinajstić information content (AvgIpc) is 2.94. The second kappa shape index (κ2) is 5.73. The lowest BCUT2D eigenvalue weighted by molar-refractivity contribution is -0.135. The van der Waals surface area contributed by atoms with Gasteiger partial charge >= 0.3 is 0 Å². The maximum absolute atomic E-state index is 11.8. The number of ether oxygens (including phenoxy) is 1. The zero-order valence-electron chi connectivity index (χ0n) is 12.5. The summed E-state index contributed by atoms with van der Waals surface area (Å²) in [6.45, 7) is 5.44. The topological polar surface area (TPSA) is 50.1 Å². The predicted octanol–water partition coefficient (Wildman–Crippen LogP) is 0.938. The second-order valence-electron chi connectivity index (χ2n) is 5.34. The van der Waals surface area contributed by atoms with Crippen molar-refractivity contribution in [3.05, 3.63) is 30.2 Å². The molecule has 0 bridgehead atoms. The number of pyridine rings is 1. The number of nitrogens with zero attached hydrogens (tertiary/aromatic N) is 4. The molecule has 21 heavy (non-hydrogen) atoms. The van der Waals surface area contributed by atoms with Crippen LogP contribution in [0.1, 0.15) is 5.56 Å². The minimum absolute atomic E-state index is 0.0685. The molecule has 0 N–H and O–H groups in total. The zero-order chi connectivity index (χ0) is 14.8. The molecule has 1 aliphatic rings. The van der Waals surface area contributed by atoms with Crippen molar-refractivity contribution in [3.8, 4) is 0 Å². The largest absolute Gasteiger partial charge is 0.375 e. The number of hydrogen-bond acceptors (Lipinski definition) is 4. The molecular formula is C15H20N4O2. The molecule has 6 heteroatoms. The summed E-state index contributed by atoms with van der Waals surface area (Å²) in [5.74, 6) is 0.0685. The van der Waals surface area contributed by atoms with Crippen molar-refractivity contribution in [2.75, 3.05) is 44.8 Å². The third kappa shape index (κ3) is 2.71. The van der Waals surface area contributed by atoms with Gasteiger partial charge in [-0.1, -0.05) is 0 Å². The van der Waals surface area contributed by atoms with Gasteiger partial charge in [-0.2, -0.15) is 0 Å². The van der Waals surface area contributed by atoms with Gasteiger partial charge in [0.2, 0.25) is 5.91 Å². The van der Waals surface area contributed by atoms with Crippen LogP contribution in [0.25, 0.3) is 5.65 Å². The van der Waals surface area contributed by atoms with Crippen LogP contribution < -0.4 is 4.90 Å². The van der Waals surface area contributed by atoms with Crippen LogP contribution in [0.2, 0.25) is 0 Å². The summed E-state index contributed by atoms with van der Waals surface area (Å²) >= 11 is 0. The van der Waals surface area contributed by atoms with Crippen molar-refractivity contribution in [1.29, 1.82) is 0 Å². The summed E-state index contributed by atoms with van der Waals surface area (Å²) < 4.78 is 6.94. The molecule has 0 aliphatic carbocycles. The number of amides is 1. The summed E-state index contributed by atoms with van der Waals surface area (Å²) in [4.78, 5) is 20.3. The van der Waals surface area contributed by atoms with Crippen molar-refractivity contribution in [2.45, 2.75) is 6.92 Å². The zero-order valence-corrected chi connectivity index (χ0v) is 12.5. The van der Waals surface area contributed by atoms with Crippen molar-refractivity contribution < 1.29 is 9.53 Å². The third-order valence-corrected chi connectivity index (χ3v) is 3.95. The Hall–Kier alpha value is -2.08. The van der Waals surface area contributed by atoms with Crippen LogP contribution in [0.3, 0.4) is 0 Å². The highest BCUT2D eigenvalue weighted by molar-refractivity contribution is 5.77. The predicted molar refractivity (Wildman–Crippen MR) is 80.6 cm³/mol. The van der Waals surface area contributed by atoms with Crippen LogP contribution in [0.4, 0.5) is 5.69 Å². The molecule has 2 aromatic heterocycles. The van der Waals surface area contributed by atoms with Crippen molar-refractivity contribution >= 4 is 17.2 Å². The van der Waals surface area contributed by atoms with Gasteiger partial charge in [-0.25, -0.2) is 4.98 Å². The summed E-state index contributed by atoms with van der Waals surface area (Å²) in [6.07, 6.45) is 5.88. The standard InChI is InChI=1S/C15H20N4O2/c1-12-9-14-16-3-4-19(14)10-13(12)17-5-7-18(8-6-17)15(20)11-21-2/h3-4,9-10H,5-8,11H2,1-2H3. The molecule has 0 radical (unpaired) electrons. The number of rotatable bonds is 3. The first-order valence-electron chi connectivity index (χ1n) is 7.14. The molecule has 0 atom stereocenters. The molecule has 1 aliphatic heterocycles. The highest BCUT2D eigenvalue weighted by Crippen LogP contribution is 2.22. The molecule has 1 amide bonds. The lowest BCUT2D eigenvalue weighted by atomic mass is 10.2. The number of hydrogen-bond donors (Lipinski definition) is 0. The van der Waals surface area contributed by atoms with Gasteiger partial charge in [-0.15, -0.1) is 0 Å². The van der Waals surface area contributed by atoms with E-state index in [4.69, 9.17) is 4.74 Å². The number of anilines is 1. The van der Waals surface area contributed by atoms with Gasteiger partial charge < -0.3 is 18.9 Å². The van der Waals surface area contributed by atoms with Gasteiger partial charge in [0.15, 0.2) is 0 Å². The van der Waals surface area contributed by atoms with E-state index >= 15 is 0 Å². The fourth-order valence-corrected chi connectivity index (χ4v) is 2.79. The number of carbonyl (C=O) groups excluding carboxylic acids is 1. The number of piperazine rings is 1. The summed E-state index contributed by atoms with van der Waals surface area (Å²) in [6, 6.07) is 2.10. The number of aromatic nitrogens is 2. The number of methoxy groups -OCH3 is 1. The summed E-state index contributed by atoms with van der Waals surface area (Å²) in [5.41, 5.74) is 3.38. The first kappa shape index (κ1) is 13.9. The number of aryl methyl sites for hydroxylation is 1. The van der Waals surface area contributed by atoms with Gasteiger partial charge in [0.25, 0.3) is 0 Å². The highest BCUT2D eigenvalue weighted by atomic mass is 16.5. The highest BCUT2D eigenvalue weighted by Gasteiger charge is 2.22. The van der Waals surface area contributed by atoms with Gasteiger partial charge in [0.1, 0.15) is 12.3 Å². The van der Waals surface area contributed by atoms with E-state index in [1.54, 1.807) is 13.3 Å². The fourth-order valence-electron chi connectivity index (χ4n) is 2.79. The normalized spacial score (nSPS) is 15.7. The molecule has 1 fully saturated rings. The Morgan fingerprint density at radius 1 is 1.33 bits per heavy atom. The molecule has 2 aromatic rings. The summed E-state index contributed by atoms with van der Waals surface area (Å²) in [5, 5.41) is 0. The molecule has 3 rings (SSSR count). The average molecular weight is 288 g/mol. The third-order valence-electron chi connectivity index (χ3n) is 3.95. The monoisotopic (exact) mass is 288 g/mol. The van der Waals surface area contributed by atoms with E-state index in [2.05, 4.69) is 29.1 Å². The number of fused-ring (bicyclic) bond motifs is 1. The van der Waals surface area contributed by atoms with Gasteiger partial charge in [-0.3, -0.25) is 4.79 Å². The molecule has 0 spiro atoms. The smallest absolute Gasteiger partial charge is 0.248 e. The van der Waals surface area contributed by atoms with Crippen LogP contribution in [-0.4, -0.2) is 60.1 Å². The van der Waals surface area contributed by atoms with Crippen molar-refractivity contribution in [3.63, 3.8) is 0 Å². The minimum atomic E-state index is 0.0685. The van der Waals surface area contributed by atoms with E-state index in [9.17, 15) is 4.79 Å². The Balaban J connectivity index is 1.73. The van der Waals surface area contributed by atoms with E-state index in [1.165, 1.54) is 11.3 Å². The van der Waals surface area contributed by atoms with Crippen molar-refractivity contribution in [2.24, 2.45) is 0 Å². The first-order valence-corrected chi connectivity index (χ1v) is 7.14. The van der Waals surface area contributed by atoms with Crippen LogP contribution in [0.15, 0.2) is 24.7 Å². The summed E-state index contributed by atoms with van der Waals surface area (Å²) in [7, 11) is 1.55. The molecule has 0 unspecified atom stereocenters. The SMILES string of the molecule is COCC(=O)N1CCN(c2cn3ccnc3cc2C)CC1. The molecule has 0 saturated carbocycles. The van der Waals surface area contributed by atoms with E-state index in [0.717, 1.165) is 31.8 Å². The van der Waals surface area contributed by atoms with Gasteiger partial charge in [0, 0.05) is 51.9 Å². The van der Waals surface area contributed by atoms with Gasteiger partial charge in [0.05, 0.1) is 5.69 Å². The number of carbonyl (C=O) groups is 1. The lowest BCUT2D eigenvalue weighted by Gasteiger charge is -2.36. The van der Waals surface area contributed by atoms with Crippen molar-refractivity contribution in [1.82, 2.24) is 14.3 Å².